The van der Waals surface area contributed by atoms with Crippen LogP contribution in [-0.4, -0.2) is 31.2 Å². The van der Waals surface area contributed by atoms with Gasteiger partial charge in [0.2, 0.25) is 0 Å². The van der Waals surface area contributed by atoms with Crippen molar-refractivity contribution in [3.63, 3.8) is 0 Å². The van der Waals surface area contributed by atoms with E-state index in [1.165, 1.54) is 7.11 Å². The molecule has 1 aliphatic rings. The van der Waals surface area contributed by atoms with Gasteiger partial charge in [0.25, 0.3) is 0 Å². The maximum atomic E-state index is 11.4. The Bertz CT molecular complexity index is 467. The molecule has 1 unspecified atom stereocenters. The number of hydrogen-bond acceptors (Lipinski definition) is 5. The Balaban J connectivity index is 2.10. The summed E-state index contributed by atoms with van der Waals surface area (Å²) in [5.41, 5.74) is 1.33. The minimum Gasteiger partial charge on any atom is -0.469 e. The molecule has 17 heavy (non-hydrogen) atoms. The predicted octanol–water partition coefficient (Wildman–Crippen LogP) is 0.953. The van der Waals surface area contributed by atoms with Gasteiger partial charge in [-0.1, -0.05) is 0 Å². The van der Waals surface area contributed by atoms with Crippen LogP contribution in [0.1, 0.15) is 12.1 Å². The number of nitriles is 1. The van der Waals surface area contributed by atoms with E-state index in [9.17, 15) is 4.79 Å². The van der Waals surface area contributed by atoms with Gasteiger partial charge in [0.1, 0.15) is 11.8 Å². The molecule has 0 aromatic carbocycles. The standard InChI is InChI=1S/C12H13N3O2/c1-17-12(16)9-3-5-15(8-9)11-2-4-14-10(6-11)7-13/h2,4,6,9H,3,5,8H2,1H3. The van der Waals surface area contributed by atoms with Crippen LogP contribution in [0, 0.1) is 17.2 Å². The van der Waals surface area contributed by atoms with Crippen molar-refractivity contribution in [2.45, 2.75) is 6.42 Å². The van der Waals surface area contributed by atoms with E-state index in [0.717, 1.165) is 18.7 Å². The number of aromatic nitrogens is 1. The first kappa shape index (κ1) is 11.4. The van der Waals surface area contributed by atoms with E-state index in [4.69, 9.17) is 10.00 Å². The Morgan fingerprint density at radius 3 is 3.24 bits per heavy atom. The minimum atomic E-state index is -0.165. The zero-order chi connectivity index (χ0) is 12.3. The fourth-order valence-corrected chi connectivity index (χ4v) is 2.03. The van der Waals surface area contributed by atoms with Crippen LogP contribution in [0.5, 0.6) is 0 Å². The topological polar surface area (TPSA) is 66.2 Å². The van der Waals surface area contributed by atoms with Gasteiger partial charge in [0, 0.05) is 25.0 Å². The fourth-order valence-electron chi connectivity index (χ4n) is 2.03. The van der Waals surface area contributed by atoms with Gasteiger partial charge in [0.15, 0.2) is 0 Å². The molecular weight excluding hydrogens is 218 g/mol. The van der Waals surface area contributed by atoms with Crippen molar-refractivity contribution in [2.24, 2.45) is 5.92 Å². The molecule has 0 bridgehead atoms. The normalized spacial score (nSPS) is 18.8. The molecule has 1 aliphatic heterocycles. The van der Waals surface area contributed by atoms with Crippen molar-refractivity contribution in [1.82, 2.24) is 4.98 Å². The van der Waals surface area contributed by atoms with Crippen molar-refractivity contribution < 1.29 is 9.53 Å². The Labute approximate surface area is 99.6 Å². The van der Waals surface area contributed by atoms with E-state index in [1.807, 2.05) is 12.1 Å². The number of carbonyl (C=O) groups is 1. The molecule has 1 saturated heterocycles. The monoisotopic (exact) mass is 231 g/mol. The third-order valence-corrected chi connectivity index (χ3v) is 2.95. The molecule has 0 N–H and O–H groups in total. The molecule has 1 atom stereocenters. The second-order valence-corrected chi connectivity index (χ2v) is 3.97. The summed E-state index contributed by atoms with van der Waals surface area (Å²) in [6.07, 6.45) is 2.40. The Morgan fingerprint density at radius 2 is 2.53 bits per heavy atom. The zero-order valence-corrected chi connectivity index (χ0v) is 9.59. The first-order chi connectivity index (χ1) is 8.24. The summed E-state index contributed by atoms with van der Waals surface area (Å²) in [5.74, 6) is -0.235. The quantitative estimate of drug-likeness (QED) is 0.709. The molecule has 1 aromatic rings. The van der Waals surface area contributed by atoms with Crippen LogP contribution in [0.3, 0.4) is 0 Å². The van der Waals surface area contributed by atoms with E-state index >= 15 is 0 Å². The average Bonchev–Trinajstić information content (AvgIpc) is 2.87. The number of pyridine rings is 1. The summed E-state index contributed by atoms with van der Waals surface area (Å²) in [6, 6.07) is 5.59. The summed E-state index contributed by atoms with van der Waals surface area (Å²) >= 11 is 0. The molecule has 0 aliphatic carbocycles. The second kappa shape index (κ2) is 4.83. The lowest BCUT2D eigenvalue weighted by Crippen LogP contribution is -2.23. The highest BCUT2D eigenvalue weighted by Crippen LogP contribution is 2.24. The fraction of sp³-hybridized carbons (Fsp3) is 0.417. The molecule has 0 amide bonds. The van der Waals surface area contributed by atoms with Gasteiger partial charge in [-0.05, 0) is 18.6 Å². The van der Waals surface area contributed by atoms with Crippen LogP contribution in [0.4, 0.5) is 5.69 Å². The smallest absolute Gasteiger partial charge is 0.310 e. The Hall–Kier alpha value is -2.09. The highest BCUT2D eigenvalue weighted by atomic mass is 16.5. The molecule has 5 nitrogen and oxygen atoms in total. The molecule has 0 saturated carbocycles. The van der Waals surface area contributed by atoms with E-state index in [-0.39, 0.29) is 11.9 Å². The number of hydrogen-bond donors (Lipinski definition) is 0. The van der Waals surface area contributed by atoms with E-state index in [0.29, 0.717) is 12.2 Å². The molecule has 0 radical (unpaired) electrons. The first-order valence-electron chi connectivity index (χ1n) is 5.43. The van der Waals surface area contributed by atoms with E-state index < -0.39 is 0 Å². The van der Waals surface area contributed by atoms with Crippen LogP contribution >= 0.6 is 0 Å². The first-order valence-corrected chi connectivity index (χ1v) is 5.43. The second-order valence-electron chi connectivity index (χ2n) is 3.97. The van der Waals surface area contributed by atoms with Gasteiger partial charge >= 0.3 is 5.97 Å². The number of rotatable bonds is 2. The summed E-state index contributed by atoms with van der Waals surface area (Å²) in [6.45, 7) is 1.44. The van der Waals surface area contributed by atoms with Crippen LogP contribution in [-0.2, 0) is 9.53 Å². The summed E-state index contributed by atoms with van der Waals surface area (Å²) in [5, 5.41) is 8.78. The largest absolute Gasteiger partial charge is 0.469 e. The molecule has 1 aromatic heterocycles. The molecular formula is C12H13N3O2. The molecule has 2 heterocycles. The maximum absolute atomic E-state index is 11.4. The van der Waals surface area contributed by atoms with Gasteiger partial charge in [-0.3, -0.25) is 4.79 Å². The molecule has 5 heteroatoms. The molecule has 1 fully saturated rings. The van der Waals surface area contributed by atoms with Gasteiger partial charge in [-0.25, -0.2) is 4.98 Å². The lowest BCUT2D eigenvalue weighted by atomic mass is 10.1. The van der Waals surface area contributed by atoms with Gasteiger partial charge in [0.05, 0.1) is 13.0 Å². The van der Waals surface area contributed by atoms with E-state index in [2.05, 4.69) is 9.88 Å². The number of nitrogens with zero attached hydrogens (tertiary/aromatic N) is 3. The van der Waals surface area contributed by atoms with Crippen LogP contribution in [0.2, 0.25) is 0 Å². The summed E-state index contributed by atoms with van der Waals surface area (Å²) in [4.78, 5) is 17.4. The highest BCUT2D eigenvalue weighted by molar-refractivity contribution is 5.74. The Kier molecular flexibility index (Phi) is 3.24. The van der Waals surface area contributed by atoms with Crippen molar-refractivity contribution in [1.29, 1.82) is 5.26 Å². The summed E-state index contributed by atoms with van der Waals surface area (Å²) < 4.78 is 4.73. The molecule has 88 valence electrons. The lowest BCUT2D eigenvalue weighted by Gasteiger charge is -2.17. The molecule has 0 spiro atoms. The minimum absolute atomic E-state index is 0.0706. The number of methoxy groups -OCH3 is 1. The Morgan fingerprint density at radius 1 is 1.71 bits per heavy atom. The van der Waals surface area contributed by atoms with E-state index in [1.54, 1.807) is 12.3 Å². The number of anilines is 1. The third kappa shape index (κ3) is 2.36. The number of ether oxygens (including phenoxy) is 1. The van der Waals surface area contributed by atoms with Crippen LogP contribution in [0.25, 0.3) is 0 Å². The van der Waals surface area contributed by atoms with Gasteiger partial charge in [-0.2, -0.15) is 5.26 Å². The van der Waals surface area contributed by atoms with Crippen LogP contribution < -0.4 is 4.90 Å². The number of esters is 1. The number of carbonyl (C=O) groups excluding carboxylic acids is 1. The lowest BCUT2D eigenvalue weighted by molar-refractivity contribution is -0.144. The van der Waals surface area contributed by atoms with Crippen molar-refractivity contribution in [3.05, 3.63) is 24.0 Å². The average molecular weight is 231 g/mol. The van der Waals surface area contributed by atoms with Crippen molar-refractivity contribution >= 4 is 11.7 Å². The third-order valence-electron chi connectivity index (χ3n) is 2.95. The van der Waals surface area contributed by atoms with Crippen molar-refractivity contribution in [3.8, 4) is 6.07 Å². The SMILES string of the molecule is COC(=O)C1CCN(c2ccnc(C#N)c2)C1. The van der Waals surface area contributed by atoms with Crippen LogP contribution in [0.15, 0.2) is 18.3 Å². The highest BCUT2D eigenvalue weighted by Gasteiger charge is 2.29. The summed E-state index contributed by atoms with van der Waals surface area (Å²) in [7, 11) is 1.41. The zero-order valence-electron chi connectivity index (χ0n) is 9.59. The molecule has 2 rings (SSSR count). The van der Waals surface area contributed by atoms with Crippen molar-refractivity contribution in [2.75, 3.05) is 25.1 Å². The maximum Gasteiger partial charge on any atom is 0.310 e. The van der Waals surface area contributed by atoms with Gasteiger partial charge < -0.3 is 9.64 Å². The predicted molar refractivity (Wildman–Crippen MR) is 61.3 cm³/mol. The van der Waals surface area contributed by atoms with Gasteiger partial charge in [-0.15, -0.1) is 0 Å².